The van der Waals surface area contributed by atoms with Gasteiger partial charge in [-0.15, -0.1) is 10.2 Å². The molecule has 0 radical (unpaired) electrons. The second-order valence-electron chi connectivity index (χ2n) is 2.99. The number of nitrogens with zero attached hydrogens (tertiary/aromatic N) is 4. The number of rotatable bonds is 3. The van der Waals surface area contributed by atoms with Crippen molar-refractivity contribution in [3.63, 3.8) is 0 Å². The summed E-state index contributed by atoms with van der Waals surface area (Å²) in [6.07, 6.45) is 1.42. The van der Waals surface area contributed by atoms with Gasteiger partial charge in [0.2, 0.25) is 5.89 Å². The van der Waals surface area contributed by atoms with Gasteiger partial charge in [-0.05, 0) is 18.7 Å². The zero-order chi connectivity index (χ0) is 11.5. The summed E-state index contributed by atoms with van der Waals surface area (Å²) in [6, 6.07) is 0. The van der Waals surface area contributed by atoms with Crippen LogP contribution in [0.1, 0.15) is 11.5 Å². The van der Waals surface area contributed by atoms with E-state index in [0.717, 1.165) is 10.6 Å². The molecule has 84 valence electrons. The Morgan fingerprint density at radius 1 is 1.31 bits per heavy atom. The van der Waals surface area contributed by atoms with Crippen molar-refractivity contribution in [1.82, 2.24) is 20.2 Å². The molecule has 0 unspecified atom stereocenters. The van der Waals surface area contributed by atoms with Crippen molar-refractivity contribution in [3.8, 4) is 0 Å². The average Bonchev–Trinajstić information content (AvgIpc) is 2.67. The molecule has 16 heavy (non-hydrogen) atoms. The van der Waals surface area contributed by atoms with Gasteiger partial charge >= 0.3 is 0 Å². The molecule has 0 amide bonds. The van der Waals surface area contributed by atoms with Gasteiger partial charge in [0.1, 0.15) is 17.2 Å². The number of hydrogen-bond acceptors (Lipinski definition) is 8. The topological polar surface area (TPSA) is 103 Å². The molecule has 3 N–H and O–H groups in total. The number of anilines is 1. The lowest BCUT2D eigenvalue weighted by atomic mass is 10.3. The molecule has 0 aliphatic heterocycles. The van der Waals surface area contributed by atoms with Gasteiger partial charge in [-0.3, -0.25) is 0 Å². The lowest BCUT2D eigenvalue weighted by molar-refractivity contribution is 0.429. The Morgan fingerprint density at radius 2 is 2.12 bits per heavy atom. The summed E-state index contributed by atoms with van der Waals surface area (Å²) in [6.45, 7) is 3.59. The van der Waals surface area contributed by atoms with E-state index in [1.165, 1.54) is 18.1 Å². The molecule has 0 saturated carbocycles. The Balaban J connectivity index is 2.28. The van der Waals surface area contributed by atoms with E-state index >= 15 is 0 Å². The number of nitrogens with two attached hydrogens (primary N) is 1. The fraction of sp³-hybridized carbons (Fsp3) is 0.250. The first-order valence-electron chi connectivity index (χ1n) is 4.47. The highest BCUT2D eigenvalue weighted by molar-refractivity contribution is 7.99. The van der Waals surface area contributed by atoms with Crippen LogP contribution in [0.3, 0.4) is 0 Å². The van der Waals surface area contributed by atoms with E-state index in [9.17, 15) is 0 Å². The predicted octanol–water partition coefficient (Wildman–Crippen LogP) is 0.913. The Bertz CT molecular complexity index is 499. The predicted molar refractivity (Wildman–Crippen MR) is 57.7 cm³/mol. The monoisotopic (exact) mass is 238 g/mol. The Morgan fingerprint density at radius 3 is 2.75 bits per heavy atom. The van der Waals surface area contributed by atoms with Gasteiger partial charge in [0.05, 0.1) is 0 Å². The minimum absolute atomic E-state index is 0.447. The Hall–Kier alpha value is -1.67. The van der Waals surface area contributed by atoms with Crippen LogP contribution in [0.5, 0.6) is 0 Å². The first kappa shape index (κ1) is 10.8. The zero-order valence-corrected chi connectivity index (χ0v) is 9.58. The van der Waals surface area contributed by atoms with Crippen LogP contribution in [0.2, 0.25) is 0 Å². The summed E-state index contributed by atoms with van der Waals surface area (Å²) in [7, 11) is 0. The second-order valence-corrected chi connectivity index (χ2v) is 3.93. The van der Waals surface area contributed by atoms with Gasteiger partial charge in [0, 0.05) is 12.5 Å². The van der Waals surface area contributed by atoms with Crippen molar-refractivity contribution in [2.45, 2.75) is 24.1 Å². The third-order valence-electron chi connectivity index (χ3n) is 1.87. The summed E-state index contributed by atoms with van der Waals surface area (Å²) in [4.78, 5) is 8.10. The maximum atomic E-state index is 5.32. The van der Waals surface area contributed by atoms with E-state index in [4.69, 9.17) is 10.3 Å². The molecule has 0 aliphatic rings. The first-order valence-corrected chi connectivity index (χ1v) is 5.28. The van der Waals surface area contributed by atoms with Crippen molar-refractivity contribution in [2.75, 3.05) is 5.43 Å². The normalized spacial score (nSPS) is 10.4. The van der Waals surface area contributed by atoms with Gasteiger partial charge in [-0.25, -0.2) is 15.8 Å². The van der Waals surface area contributed by atoms with Crippen LogP contribution in [0.4, 0.5) is 5.82 Å². The molecule has 2 aromatic heterocycles. The standard InChI is InChI=1S/C8H10N6OS/c1-4-6(12-9)10-3-11-7(4)16-8-14-13-5(2)15-8/h3H,9H2,1-2H3,(H,10,11,12). The van der Waals surface area contributed by atoms with Crippen molar-refractivity contribution in [1.29, 1.82) is 0 Å². The average molecular weight is 238 g/mol. The van der Waals surface area contributed by atoms with Crippen molar-refractivity contribution in [3.05, 3.63) is 17.8 Å². The maximum Gasteiger partial charge on any atom is 0.282 e. The SMILES string of the molecule is Cc1nnc(Sc2ncnc(NN)c2C)o1. The molecule has 2 aromatic rings. The number of aryl methyl sites for hydroxylation is 1. The van der Waals surface area contributed by atoms with Crippen molar-refractivity contribution in [2.24, 2.45) is 5.84 Å². The molecular formula is C8H10N6OS. The molecule has 0 aromatic carbocycles. The largest absolute Gasteiger partial charge is 0.416 e. The highest BCUT2D eigenvalue weighted by Gasteiger charge is 2.11. The van der Waals surface area contributed by atoms with Gasteiger partial charge in [-0.2, -0.15) is 0 Å². The summed E-state index contributed by atoms with van der Waals surface area (Å²) in [5, 5.41) is 8.78. The highest BCUT2D eigenvalue weighted by Crippen LogP contribution is 2.29. The fourth-order valence-corrected chi connectivity index (χ4v) is 1.84. The van der Waals surface area contributed by atoms with Crippen LogP contribution in [-0.4, -0.2) is 20.2 Å². The maximum absolute atomic E-state index is 5.32. The zero-order valence-electron chi connectivity index (χ0n) is 8.76. The smallest absolute Gasteiger partial charge is 0.282 e. The molecule has 0 bridgehead atoms. The number of nitrogen functional groups attached to an aromatic ring is 1. The quantitative estimate of drug-likeness (QED) is 0.462. The van der Waals surface area contributed by atoms with E-state index in [-0.39, 0.29) is 0 Å². The molecule has 0 saturated heterocycles. The van der Waals surface area contributed by atoms with Gasteiger partial charge in [0.15, 0.2) is 0 Å². The van der Waals surface area contributed by atoms with Crippen molar-refractivity contribution >= 4 is 17.6 Å². The van der Waals surface area contributed by atoms with Gasteiger partial charge in [0.25, 0.3) is 5.22 Å². The number of nitrogens with one attached hydrogen (secondary N) is 1. The molecule has 0 atom stereocenters. The minimum Gasteiger partial charge on any atom is -0.416 e. The van der Waals surface area contributed by atoms with E-state index in [1.54, 1.807) is 6.92 Å². The third kappa shape index (κ3) is 2.12. The van der Waals surface area contributed by atoms with Crippen LogP contribution >= 0.6 is 11.8 Å². The number of hydrazine groups is 1. The lowest BCUT2D eigenvalue weighted by Crippen LogP contribution is -2.10. The number of aromatic nitrogens is 4. The highest BCUT2D eigenvalue weighted by atomic mass is 32.2. The first-order chi connectivity index (χ1) is 7.70. The van der Waals surface area contributed by atoms with Crippen LogP contribution < -0.4 is 11.3 Å². The molecule has 8 heteroatoms. The number of hydrogen-bond donors (Lipinski definition) is 2. The lowest BCUT2D eigenvalue weighted by Gasteiger charge is -2.05. The molecular weight excluding hydrogens is 228 g/mol. The van der Waals surface area contributed by atoms with Gasteiger partial charge in [-0.1, -0.05) is 0 Å². The summed E-state index contributed by atoms with van der Waals surface area (Å²) < 4.78 is 5.24. The second kappa shape index (κ2) is 4.45. The summed E-state index contributed by atoms with van der Waals surface area (Å²) in [5.41, 5.74) is 3.33. The van der Waals surface area contributed by atoms with Crippen LogP contribution in [-0.2, 0) is 0 Å². The van der Waals surface area contributed by atoms with E-state index < -0.39 is 0 Å². The van der Waals surface area contributed by atoms with E-state index in [0.29, 0.717) is 16.9 Å². The van der Waals surface area contributed by atoms with E-state index in [2.05, 4.69) is 25.6 Å². The van der Waals surface area contributed by atoms with Crippen LogP contribution in [0.25, 0.3) is 0 Å². The van der Waals surface area contributed by atoms with Crippen LogP contribution in [0, 0.1) is 13.8 Å². The molecule has 0 fully saturated rings. The third-order valence-corrected chi connectivity index (χ3v) is 2.81. The van der Waals surface area contributed by atoms with Crippen LogP contribution in [0.15, 0.2) is 21.0 Å². The Kier molecular flexibility index (Phi) is 3.02. The minimum atomic E-state index is 0.447. The van der Waals surface area contributed by atoms with Gasteiger partial charge < -0.3 is 9.84 Å². The molecule has 7 nitrogen and oxygen atoms in total. The fourth-order valence-electron chi connectivity index (χ4n) is 1.08. The Labute approximate surface area is 95.8 Å². The molecule has 0 aliphatic carbocycles. The molecule has 0 spiro atoms. The molecule has 2 heterocycles. The van der Waals surface area contributed by atoms with E-state index in [1.807, 2.05) is 6.92 Å². The summed E-state index contributed by atoms with van der Waals surface area (Å²) >= 11 is 1.28. The van der Waals surface area contributed by atoms with Crippen molar-refractivity contribution < 1.29 is 4.42 Å². The summed E-state index contributed by atoms with van der Waals surface area (Å²) in [5.74, 6) is 6.41. The molecule has 2 rings (SSSR count).